The average molecular weight is 258 g/mol. The van der Waals surface area contributed by atoms with Crippen LogP contribution in [-0.4, -0.2) is 5.66 Å². The van der Waals surface area contributed by atoms with Gasteiger partial charge in [0.15, 0.2) is 0 Å². The smallest absolute Gasteiger partial charge is 0.0293 e. The van der Waals surface area contributed by atoms with Gasteiger partial charge in [-0.15, -0.1) is 9.24 Å². The largest absolute Gasteiger partial charge is 0.135 e. The Morgan fingerprint density at radius 3 is 1.76 bits per heavy atom. The molecule has 0 amide bonds. The Hall–Kier alpha value is 0.430. The molecule has 0 fully saturated rings. The SMILES string of the molecule is CCCCCCCCCCC(C)CCC(C)P. The standard InChI is InChI=1S/C16H35P/c1-4-5-6-7-8-9-10-11-12-15(2)13-14-16(3)17/h15-16H,4-14,17H2,1-3H3. The van der Waals surface area contributed by atoms with Crippen LogP contribution in [0.5, 0.6) is 0 Å². The summed E-state index contributed by atoms with van der Waals surface area (Å²) in [5.74, 6) is 0.943. The van der Waals surface area contributed by atoms with E-state index >= 15 is 0 Å². The lowest BCUT2D eigenvalue weighted by Gasteiger charge is -2.12. The van der Waals surface area contributed by atoms with Gasteiger partial charge in [0.1, 0.15) is 0 Å². The molecule has 0 saturated heterocycles. The first kappa shape index (κ1) is 17.4. The quantitative estimate of drug-likeness (QED) is 0.289. The van der Waals surface area contributed by atoms with Crippen molar-refractivity contribution in [2.24, 2.45) is 5.92 Å². The first-order valence-corrected chi connectivity index (χ1v) is 8.59. The molecule has 0 aliphatic rings. The van der Waals surface area contributed by atoms with Crippen molar-refractivity contribution in [2.75, 3.05) is 0 Å². The van der Waals surface area contributed by atoms with Gasteiger partial charge in [0.05, 0.1) is 0 Å². The van der Waals surface area contributed by atoms with Crippen molar-refractivity contribution < 1.29 is 0 Å². The van der Waals surface area contributed by atoms with E-state index in [4.69, 9.17) is 0 Å². The van der Waals surface area contributed by atoms with Crippen molar-refractivity contribution >= 4 is 9.24 Å². The van der Waals surface area contributed by atoms with E-state index < -0.39 is 0 Å². The van der Waals surface area contributed by atoms with Gasteiger partial charge in [-0.2, -0.15) is 0 Å². The Kier molecular flexibility index (Phi) is 13.2. The lowest BCUT2D eigenvalue weighted by Crippen LogP contribution is -1.99. The second kappa shape index (κ2) is 12.9. The van der Waals surface area contributed by atoms with Crippen LogP contribution in [0, 0.1) is 5.92 Å². The van der Waals surface area contributed by atoms with Crippen molar-refractivity contribution in [3.8, 4) is 0 Å². The first-order valence-electron chi connectivity index (χ1n) is 7.92. The van der Waals surface area contributed by atoms with Crippen molar-refractivity contribution in [3.63, 3.8) is 0 Å². The molecule has 0 bridgehead atoms. The molecule has 17 heavy (non-hydrogen) atoms. The van der Waals surface area contributed by atoms with Gasteiger partial charge in [-0.25, -0.2) is 0 Å². The zero-order valence-electron chi connectivity index (χ0n) is 12.5. The molecule has 3 unspecified atom stereocenters. The second-order valence-electron chi connectivity index (χ2n) is 5.92. The van der Waals surface area contributed by atoms with E-state index in [-0.39, 0.29) is 0 Å². The van der Waals surface area contributed by atoms with E-state index in [2.05, 4.69) is 30.0 Å². The maximum Gasteiger partial charge on any atom is -0.0293 e. The summed E-state index contributed by atoms with van der Waals surface area (Å²) in [5.41, 5.74) is 0.802. The van der Waals surface area contributed by atoms with E-state index in [0.29, 0.717) is 0 Å². The number of hydrogen-bond donors (Lipinski definition) is 0. The van der Waals surface area contributed by atoms with E-state index in [1.54, 1.807) is 0 Å². The molecule has 0 nitrogen and oxygen atoms in total. The fraction of sp³-hybridized carbons (Fsp3) is 1.00. The fourth-order valence-corrected chi connectivity index (χ4v) is 2.51. The highest BCUT2D eigenvalue weighted by atomic mass is 31.0. The van der Waals surface area contributed by atoms with Crippen LogP contribution < -0.4 is 0 Å². The minimum Gasteiger partial charge on any atom is -0.135 e. The molecule has 0 aliphatic carbocycles. The summed E-state index contributed by atoms with van der Waals surface area (Å²) in [6.45, 7) is 7.01. The Labute approximate surface area is 113 Å². The Balaban J connectivity index is 3.11. The normalized spacial score (nSPS) is 14.8. The topological polar surface area (TPSA) is 0 Å². The molecule has 0 heterocycles. The summed E-state index contributed by atoms with van der Waals surface area (Å²) in [6.07, 6.45) is 15.8. The molecule has 0 aromatic carbocycles. The summed E-state index contributed by atoms with van der Waals surface area (Å²) in [5, 5.41) is 0. The molecule has 0 aromatic rings. The van der Waals surface area contributed by atoms with Crippen molar-refractivity contribution in [1.29, 1.82) is 0 Å². The van der Waals surface area contributed by atoms with Gasteiger partial charge in [-0.3, -0.25) is 0 Å². The monoisotopic (exact) mass is 258 g/mol. The van der Waals surface area contributed by atoms with Crippen molar-refractivity contribution in [3.05, 3.63) is 0 Å². The summed E-state index contributed by atoms with van der Waals surface area (Å²) in [7, 11) is 2.91. The highest BCUT2D eigenvalue weighted by Gasteiger charge is 2.03. The van der Waals surface area contributed by atoms with Gasteiger partial charge in [0, 0.05) is 0 Å². The van der Waals surface area contributed by atoms with Gasteiger partial charge in [0.25, 0.3) is 0 Å². The molecule has 1 heteroatoms. The van der Waals surface area contributed by atoms with Crippen LogP contribution in [0.25, 0.3) is 0 Å². The average Bonchev–Trinajstić information content (AvgIpc) is 2.30. The molecule has 104 valence electrons. The summed E-state index contributed by atoms with van der Waals surface area (Å²) in [6, 6.07) is 0. The molecule has 0 radical (unpaired) electrons. The predicted octanol–water partition coefficient (Wildman–Crippen LogP) is 6.20. The summed E-state index contributed by atoms with van der Waals surface area (Å²) in [4.78, 5) is 0. The first-order chi connectivity index (χ1) is 8.16. The van der Waals surface area contributed by atoms with Crippen LogP contribution in [0.1, 0.15) is 91.4 Å². The van der Waals surface area contributed by atoms with Gasteiger partial charge in [-0.1, -0.05) is 85.0 Å². The number of rotatable bonds is 12. The van der Waals surface area contributed by atoms with E-state index in [9.17, 15) is 0 Å². The van der Waals surface area contributed by atoms with Crippen LogP contribution in [0.3, 0.4) is 0 Å². The molecule has 0 spiro atoms. The Morgan fingerprint density at radius 2 is 1.24 bits per heavy atom. The second-order valence-corrected chi connectivity index (χ2v) is 7.06. The predicted molar refractivity (Wildman–Crippen MR) is 84.8 cm³/mol. The van der Waals surface area contributed by atoms with E-state index in [0.717, 1.165) is 11.6 Å². The molecule has 0 aliphatic heterocycles. The van der Waals surface area contributed by atoms with Gasteiger partial charge >= 0.3 is 0 Å². The molecular weight excluding hydrogens is 223 g/mol. The fourth-order valence-electron chi connectivity index (χ4n) is 2.32. The third-order valence-corrected chi connectivity index (χ3v) is 4.00. The lowest BCUT2D eigenvalue weighted by atomic mass is 9.97. The Morgan fingerprint density at radius 1 is 0.706 bits per heavy atom. The third-order valence-electron chi connectivity index (χ3n) is 3.67. The van der Waals surface area contributed by atoms with Gasteiger partial charge in [0.2, 0.25) is 0 Å². The van der Waals surface area contributed by atoms with E-state index in [1.807, 2.05) is 0 Å². The maximum atomic E-state index is 2.91. The van der Waals surface area contributed by atoms with Crippen LogP contribution in [0.15, 0.2) is 0 Å². The third kappa shape index (κ3) is 14.4. The molecule has 0 saturated carbocycles. The molecule has 3 atom stereocenters. The Bertz CT molecular complexity index is 142. The van der Waals surface area contributed by atoms with E-state index in [1.165, 1.54) is 70.6 Å². The minimum absolute atomic E-state index is 0.802. The molecule has 0 N–H and O–H groups in total. The molecule has 0 aromatic heterocycles. The maximum absolute atomic E-state index is 2.91. The van der Waals surface area contributed by atoms with Gasteiger partial charge in [-0.05, 0) is 18.0 Å². The molecule has 0 rings (SSSR count). The minimum atomic E-state index is 0.802. The van der Waals surface area contributed by atoms with Crippen molar-refractivity contribution in [1.82, 2.24) is 0 Å². The lowest BCUT2D eigenvalue weighted by molar-refractivity contribution is 0.443. The summed E-state index contributed by atoms with van der Waals surface area (Å²) < 4.78 is 0. The zero-order valence-corrected chi connectivity index (χ0v) is 13.7. The summed E-state index contributed by atoms with van der Waals surface area (Å²) >= 11 is 0. The van der Waals surface area contributed by atoms with Crippen molar-refractivity contribution in [2.45, 2.75) is 97.1 Å². The van der Waals surface area contributed by atoms with Crippen LogP contribution in [-0.2, 0) is 0 Å². The van der Waals surface area contributed by atoms with Gasteiger partial charge < -0.3 is 0 Å². The van der Waals surface area contributed by atoms with Crippen LogP contribution >= 0.6 is 9.24 Å². The highest BCUT2D eigenvalue weighted by Crippen LogP contribution is 2.19. The number of unbranched alkanes of at least 4 members (excludes halogenated alkanes) is 7. The van der Waals surface area contributed by atoms with Crippen LogP contribution in [0.2, 0.25) is 0 Å². The number of hydrogen-bond acceptors (Lipinski definition) is 0. The zero-order chi connectivity index (χ0) is 12.9. The molecular formula is C16H35P. The van der Waals surface area contributed by atoms with Crippen LogP contribution in [0.4, 0.5) is 0 Å². The highest BCUT2D eigenvalue weighted by molar-refractivity contribution is 7.17.